The quantitative estimate of drug-likeness (QED) is 0.648. The molecule has 1 unspecified atom stereocenters. The molecule has 1 aromatic heterocycles. The van der Waals surface area contributed by atoms with Gasteiger partial charge in [0.15, 0.2) is 11.6 Å². The van der Waals surface area contributed by atoms with Crippen LogP contribution >= 0.6 is 37.2 Å². The van der Waals surface area contributed by atoms with Crippen LogP contribution in [0.2, 0.25) is 0 Å². The number of halogens is 3. The van der Waals surface area contributed by atoms with E-state index in [4.69, 9.17) is 4.74 Å². The van der Waals surface area contributed by atoms with Crippen molar-refractivity contribution in [3.05, 3.63) is 54.2 Å². The fourth-order valence-corrected chi connectivity index (χ4v) is 4.02. The van der Waals surface area contributed by atoms with Gasteiger partial charge in [-0.05, 0) is 57.5 Å². The molecule has 7 heteroatoms. The number of likely N-dealkylation sites (tertiary alicyclic amines) is 1. The minimum absolute atomic E-state index is 0. The first kappa shape index (κ1) is 24.8. The Balaban J connectivity index is 0.00000131. The van der Waals surface area contributed by atoms with Gasteiger partial charge in [-0.2, -0.15) is 0 Å². The first-order valence-electron chi connectivity index (χ1n) is 9.30. The molecule has 2 aliphatic heterocycles. The van der Waals surface area contributed by atoms with Crippen LogP contribution in [0.3, 0.4) is 0 Å². The number of anilines is 1. The van der Waals surface area contributed by atoms with Crippen LogP contribution in [0.5, 0.6) is 5.75 Å². The maximum absolute atomic E-state index is 6.19. The summed E-state index contributed by atoms with van der Waals surface area (Å²) in [7, 11) is 0. The number of fused-ring (bicyclic) bond motifs is 1. The van der Waals surface area contributed by atoms with E-state index in [0.29, 0.717) is 0 Å². The van der Waals surface area contributed by atoms with Crippen LogP contribution in [0.15, 0.2) is 48.7 Å². The molecule has 1 fully saturated rings. The van der Waals surface area contributed by atoms with Crippen molar-refractivity contribution in [2.45, 2.75) is 38.3 Å². The average molecular weight is 447 g/mol. The van der Waals surface area contributed by atoms with Crippen LogP contribution in [0.4, 0.5) is 5.82 Å². The molecular weight excluding hydrogens is 417 g/mol. The van der Waals surface area contributed by atoms with E-state index in [9.17, 15) is 0 Å². The van der Waals surface area contributed by atoms with Gasteiger partial charge >= 0.3 is 0 Å². The molecular formula is C21H30Cl3N3O. The second-order valence-electron chi connectivity index (χ2n) is 7.75. The highest BCUT2D eigenvalue weighted by Gasteiger charge is 2.37. The molecule has 0 saturated carbocycles. The lowest BCUT2D eigenvalue weighted by Gasteiger charge is -2.44. The van der Waals surface area contributed by atoms with Crippen molar-refractivity contribution in [3.63, 3.8) is 0 Å². The smallest absolute Gasteiger partial charge is 0.172 e. The highest BCUT2D eigenvalue weighted by molar-refractivity contribution is 5.86. The molecule has 3 heterocycles. The van der Waals surface area contributed by atoms with Crippen LogP contribution in [0.1, 0.15) is 38.3 Å². The number of pyridine rings is 1. The van der Waals surface area contributed by atoms with Crippen molar-refractivity contribution in [1.82, 2.24) is 9.88 Å². The van der Waals surface area contributed by atoms with E-state index in [-0.39, 0.29) is 48.9 Å². The van der Waals surface area contributed by atoms with Gasteiger partial charge in [0, 0.05) is 12.7 Å². The molecule has 2 aliphatic rings. The molecule has 0 N–H and O–H groups in total. The summed E-state index contributed by atoms with van der Waals surface area (Å²) < 4.78 is 6.19. The largest absolute Gasteiger partial charge is 0.482 e. The standard InChI is InChI=1S/C21H27N3O.3ClH/c1-21(2)16-24(20-19(25-21)11-8-12-22-20)18(15-23-13-6-7-14-23)17-9-4-3-5-10-17;;;/h3-5,8-12,18H,6-7,13-16H2,1-2H3;3*1H. The maximum atomic E-state index is 6.19. The summed E-state index contributed by atoms with van der Waals surface area (Å²) in [4.78, 5) is 9.71. The van der Waals surface area contributed by atoms with Crippen molar-refractivity contribution >= 4 is 43.0 Å². The summed E-state index contributed by atoms with van der Waals surface area (Å²) in [5, 5.41) is 0. The highest BCUT2D eigenvalue weighted by Crippen LogP contribution is 2.40. The van der Waals surface area contributed by atoms with Gasteiger partial charge in [0.25, 0.3) is 0 Å². The second-order valence-corrected chi connectivity index (χ2v) is 7.75. The van der Waals surface area contributed by atoms with Gasteiger partial charge in [-0.1, -0.05) is 30.3 Å². The molecule has 156 valence electrons. The minimum atomic E-state index is -0.228. The molecule has 0 radical (unpaired) electrons. The molecule has 0 bridgehead atoms. The molecule has 0 aliphatic carbocycles. The van der Waals surface area contributed by atoms with Gasteiger partial charge in [-0.25, -0.2) is 4.98 Å². The lowest BCUT2D eigenvalue weighted by Crippen LogP contribution is -2.50. The van der Waals surface area contributed by atoms with Gasteiger partial charge < -0.3 is 14.5 Å². The van der Waals surface area contributed by atoms with E-state index in [0.717, 1.165) is 24.7 Å². The van der Waals surface area contributed by atoms with Crippen LogP contribution in [0.25, 0.3) is 0 Å². The third-order valence-corrected chi connectivity index (χ3v) is 5.15. The first-order valence-corrected chi connectivity index (χ1v) is 9.30. The maximum Gasteiger partial charge on any atom is 0.172 e. The van der Waals surface area contributed by atoms with Crippen molar-refractivity contribution in [3.8, 4) is 5.75 Å². The summed E-state index contributed by atoms with van der Waals surface area (Å²) in [5.41, 5.74) is 1.12. The zero-order valence-corrected chi connectivity index (χ0v) is 18.9. The molecule has 4 nitrogen and oxygen atoms in total. The second kappa shape index (κ2) is 10.5. The van der Waals surface area contributed by atoms with Gasteiger partial charge in [0.2, 0.25) is 0 Å². The summed E-state index contributed by atoms with van der Waals surface area (Å²) in [6.45, 7) is 8.60. The Kier molecular flexibility index (Phi) is 9.35. The van der Waals surface area contributed by atoms with E-state index < -0.39 is 0 Å². The predicted molar refractivity (Wildman–Crippen MR) is 123 cm³/mol. The Morgan fingerprint density at radius 1 is 1.00 bits per heavy atom. The van der Waals surface area contributed by atoms with Gasteiger partial charge in [-0.15, -0.1) is 37.2 Å². The Morgan fingerprint density at radius 3 is 2.36 bits per heavy atom. The summed E-state index contributed by atoms with van der Waals surface area (Å²) in [5.74, 6) is 1.86. The molecule has 0 amide bonds. The van der Waals surface area contributed by atoms with E-state index in [1.165, 1.54) is 31.5 Å². The Hall–Kier alpha value is -1.20. The third-order valence-electron chi connectivity index (χ3n) is 5.15. The third kappa shape index (κ3) is 5.44. The monoisotopic (exact) mass is 445 g/mol. The van der Waals surface area contributed by atoms with E-state index in [1.807, 2.05) is 18.3 Å². The van der Waals surface area contributed by atoms with Crippen molar-refractivity contribution in [2.24, 2.45) is 0 Å². The molecule has 1 atom stereocenters. The zero-order chi connectivity index (χ0) is 17.3. The van der Waals surface area contributed by atoms with Gasteiger partial charge in [0.1, 0.15) is 5.60 Å². The molecule has 2 aromatic rings. The molecule has 28 heavy (non-hydrogen) atoms. The molecule has 1 aromatic carbocycles. The number of benzene rings is 1. The topological polar surface area (TPSA) is 28.6 Å². The Labute approximate surface area is 186 Å². The Bertz CT molecular complexity index is 724. The van der Waals surface area contributed by atoms with Crippen molar-refractivity contribution in [2.75, 3.05) is 31.1 Å². The van der Waals surface area contributed by atoms with E-state index in [2.05, 4.69) is 59.0 Å². The normalized spacial score (nSPS) is 18.6. The lowest BCUT2D eigenvalue weighted by atomic mass is 9.99. The predicted octanol–water partition coefficient (Wildman–Crippen LogP) is 5.16. The number of hydrogen-bond donors (Lipinski definition) is 0. The number of rotatable bonds is 4. The van der Waals surface area contributed by atoms with Crippen LogP contribution < -0.4 is 9.64 Å². The van der Waals surface area contributed by atoms with Crippen molar-refractivity contribution < 1.29 is 4.74 Å². The summed E-state index contributed by atoms with van der Waals surface area (Å²) in [6, 6.07) is 15.1. The zero-order valence-electron chi connectivity index (χ0n) is 16.4. The highest BCUT2D eigenvalue weighted by atomic mass is 35.5. The lowest BCUT2D eigenvalue weighted by molar-refractivity contribution is 0.0982. The van der Waals surface area contributed by atoms with E-state index >= 15 is 0 Å². The fourth-order valence-electron chi connectivity index (χ4n) is 4.02. The SMILES string of the molecule is CC1(C)CN(C(CN2CCCC2)c2ccccc2)c2ncccc2O1.Cl.Cl.Cl. The van der Waals surface area contributed by atoms with Crippen LogP contribution in [0, 0.1) is 0 Å². The summed E-state index contributed by atoms with van der Waals surface area (Å²) >= 11 is 0. The molecule has 1 saturated heterocycles. The number of ether oxygens (including phenoxy) is 1. The van der Waals surface area contributed by atoms with Crippen LogP contribution in [-0.2, 0) is 0 Å². The number of aromatic nitrogens is 1. The molecule has 0 spiro atoms. The number of hydrogen-bond acceptors (Lipinski definition) is 4. The Morgan fingerprint density at radius 2 is 1.68 bits per heavy atom. The van der Waals surface area contributed by atoms with E-state index in [1.54, 1.807) is 0 Å². The van der Waals surface area contributed by atoms with Gasteiger partial charge in [-0.3, -0.25) is 0 Å². The fraction of sp³-hybridized carbons (Fsp3) is 0.476. The average Bonchev–Trinajstić information content (AvgIpc) is 3.12. The summed E-state index contributed by atoms with van der Waals surface area (Å²) in [6.07, 6.45) is 4.49. The molecule has 4 rings (SSSR count). The number of nitrogens with zero attached hydrogens (tertiary/aromatic N) is 3. The van der Waals surface area contributed by atoms with Crippen LogP contribution in [-0.4, -0.2) is 41.7 Å². The van der Waals surface area contributed by atoms with Gasteiger partial charge in [0.05, 0.1) is 12.6 Å². The first-order chi connectivity index (χ1) is 12.1. The van der Waals surface area contributed by atoms with Crippen molar-refractivity contribution in [1.29, 1.82) is 0 Å². The minimum Gasteiger partial charge on any atom is -0.482 e.